The van der Waals surface area contributed by atoms with Crippen LogP contribution in [0.3, 0.4) is 0 Å². The van der Waals surface area contributed by atoms with Crippen molar-refractivity contribution in [1.29, 1.82) is 0 Å². The third-order valence-electron chi connectivity index (χ3n) is 4.88. The highest BCUT2D eigenvalue weighted by Crippen LogP contribution is 2.56. The lowest BCUT2D eigenvalue weighted by atomic mass is 10.2. The fraction of sp³-hybridized carbons (Fsp3) is 0.0385. The molecule has 0 amide bonds. The number of ether oxygens (including phenoxy) is 1. The number of benzene rings is 4. The van der Waals surface area contributed by atoms with Gasteiger partial charge in [-0.3, -0.25) is 0 Å². The Morgan fingerprint density at radius 1 is 0.600 bits per heavy atom. The molecule has 0 fully saturated rings. The molecule has 0 saturated carbocycles. The Bertz CT molecular complexity index is 999. The number of carbonyl (C=O) groups excluding carboxylic acids is 1. The quantitative estimate of drug-likeness (QED) is 0.338. The maximum atomic E-state index is 11.8. The Morgan fingerprint density at radius 2 is 1.00 bits per heavy atom. The Balaban J connectivity index is 1.90. The molecule has 0 aliphatic heterocycles. The van der Waals surface area contributed by atoms with Gasteiger partial charge in [0.05, 0.1) is 12.7 Å². The van der Waals surface area contributed by atoms with Crippen LogP contribution in [-0.2, 0) is 4.74 Å². The third-order valence-corrected chi connectivity index (χ3v) is 8.44. The van der Waals surface area contributed by atoms with Crippen molar-refractivity contribution in [2.75, 3.05) is 7.11 Å². The zero-order valence-electron chi connectivity index (χ0n) is 16.6. The van der Waals surface area contributed by atoms with Crippen LogP contribution in [0, 0.1) is 0 Å². The summed E-state index contributed by atoms with van der Waals surface area (Å²) in [4.78, 5) is 11.8. The van der Waals surface area contributed by atoms with E-state index in [0.717, 1.165) is 15.9 Å². The number of hydrogen-bond donors (Lipinski definition) is 0. The zero-order chi connectivity index (χ0) is 20.8. The molecule has 0 aromatic heterocycles. The summed E-state index contributed by atoms with van der Waals surface area (Å²) in [6.07, 6.45) is 0. The van der Waals surface area contributed by atoms with Crippen LogP contribution >= 0.6 is 7.49 Å². The van der Waals surface area contributed by atoms with E-state index in [4.69, 9.17) is 9.26 Å². The Kier molecular flexibility index (Phi) is 5.92. The summed E-state index contributed by atoms with van der Waals surface area (Å²) in [7, 11) is -1.06. The predicted octanol–water partition coefficient (Wildman–Crippen LogP) is 4.76. The first kappa shape index (κ1) is 19.9. The van der Waals surface area contributed by atoms with Crippen LogP contribution in [0.1, 0.15) is 10.4 Å². The number of hydrogen-bond acceptors (Lipinski definition) is 3. The second kappa shape index (κ2) is 8.94. The van der Waals surface area contributed by atoms with Gasteiger partial charge in [-0.25, -0.2) is 4.79 Å². The monoisotopic (exact) mass is 413 g/mol. The molecular weight excluding hydrogens is 391 g/mol. The largest absolute Gasteiger partial charge is 0.465 e. The molecule has 4 heteroatoms. The normalized spacial score (nSPS) is 11.0. The van der Waals surface area contributed by atoms with E-state index >= 15 is 0 Å². The van der Waals surface area contributed by atoms with E-state index in [1.54, 1.807) is 12.1 Å². The van der Waals surface area contributed by atoms with E-state index in [1.165, 1.54) is 7.11 Å². The summed E-state index contributed by atoms with van der Waals surface area (Å²) < 4.78 is 11.7. The summed E-state index contributed by atoms with van der Waals surface area (Å²) >= 11 is 0. The maximum absolute atomic E-state index is 11.8. The first-order valence-electron chi connectivity index (χ1n) is 9.68. The summed E-state index contributed by atoms with van der Waals surface area (Å²) in [6, 6.07) is 38.1. The van der Waals surface area contributed by atoms with Crippen LogP contribution in [0.2, 0.25) is 0 Å². The lowest BCUT2D eigenvalue weighted by Gasteiger charge is -2.26. The highest BCUT2D eigenvalue weighted by Gasteiger charge is 2.49. The lowest BCUT2D eigenvalue weighted by molar-refractivity contribution is 0.0600. The van der Waals surface area contributed by atoms with Gasteiger partial charge in [-0.05, 0) is 60.7 Å². The van der Waals surface area contributed by atoms with Crippen LogP contribution < -0.4 is 20.4 Å². The first-order chi connectivity index (χ1) is 14.7. The van der Waals surface area contributed by atoms with Gasteiger partial charge in [0.2, 0.25) is 0 Å². The molecule has 0 N–H and O–H groups in total. The van der Waals surface area contributed by atoms with E-state index in [-0.39, 0.29) is 5.97 Å². The van der Waals surface area contributed by atoms with Crippen molar-refractivity contribution >= 4 is 29.4 Å². The Labute approximate surface area is 177 Å². The van der Waals surface area contributed by atoms with Gasteiger partial charge in [-0.15, -0.1) is 0 Å². The molecule has 0 aliphatic carbocycles. The van der Waals surface area contributed by atoms with E-state index in [9.17, 15) is 4.79 Å². The minimum Gasteiger partial charge on any atom is -0.465 e. The molecule has 4 aromatic carbocycles. The first-order valence-corrected chi connectivity index (χ1v) is 11.4. The average molecular weight is 413 g/mol. The molecule has 0 aliphatic rings. The highest BCUT2D eigenvalue weighted by atomic mass is 31.2. The van der Waals surface area contributed by atoms with Crippen molar-refractivity contribution < 1.29 is 14.1 Å². The third kappa shape index (κ3) is 3.85. The molecule has 0 heterocycles. The van der Waals surface area contributed by atoms with Crippen LogP contribution in [0.5, 0.6) is 5.75 Å². The molecule has 3 nitrogen and oxygen atoms in total. The van der Waals surface area contributed by atoms with Gasteiger partial charge in [0.15, 0.2) is 5.75 Å². The topological polar surface area (TPSA) is 35.5 Å². The van der Waals surface area contributed by atoms with Crippen LogP contribution in [-0.4, -0.2) is 13.1 Å². The van der Waals surface area contributed by atoms with Crippen molar-refractivity contribution in [1.82, 2.24) is 0 Å². The summed E-state index contributed by atoms with van der Waals surface area (Å²) in [6.45, 7) is 0. The molecule has 0 spiro atoms. The number of carbonyl (C=O) groups is 1. The van der Waals surface area contributed by atoms with Crippen molar-refractivity contribution in [2.24, 2.45) is 0 Å². The van der Waals surface area contributed by atoms with Crippen molar-refractivity contribution in [3.63, 3.8) is 0 Å². The minimum absolute atomic E-state index is 0.364. The molecule has 148 valence electrons. The Morgan fingerprint density at radius 3 is 1.37 bits per heavy atom. The molecule has 0 atom stereocenters. The van der Waals surface area contributed by atoms with Gasteiger partial charge in [-0.2, -0.15) is 0 Å². The van der Waals surface area contributed by atoms with Gasteiger partial charge >= 0.3 is 5.97 Å². The molecule has 0 bridgehead atoms. The van der Waals surface area contributed by atoms with Gasteiger partial charge in [0.25, 0.3) is 7.49 Å². The van der Waals surface area contributed by atoms with Gasteiger partial charge in [-0.1, -0.05) is 54.6 Å². The summed E-state index contributed by atoms with van der Waals surface area (Å²) in [5.74, 6) is 0.337. The molecule has 0 radical (unpaired) electrons. The predicted molar refractivity (Wildman–Crippen MR) is 124 cm³/mol. The number of esters is 1. The standard InChI is InChI=1S/C26H22O3P/c1-28-26(27)21-17-19-22(20-18-21)29-30(23-11-5-2-6-12-23,24-13-7-3-8-14-24)25-15-9-4-10-16-25/h2-20H,1H3/q+1. The summed E-state index contributed by atoms with van der Waals surface area (Å²) in [5, 5.41) is 3.37. The zero-order valence-corrected chi connectivity index (χ0v) is 17.5. The second-order valence-corrected chi connectivity index (χ2v) is 9.67. The van der Waals surface area contributed by atoms with E-state index in [1.807, 2.05) is 66.7 Å². The lowest BCUT2D eigenvalue weighted by Crippen LogP contribution is -2.34. The SMILES string of the molecule is COC(=O)c1ccc(O[P+](c2ccccc2)(c2ccccc2)c2ccccc2)cc1. The van der Waals surface area contributed by atoms with Crippen LogP contribution in [0.4, 0.5) is 0 Å². The molecule has 30 heavy (non-hydrogen) atoms. The summed E-state index contributed by atoms with van der Waals surface area (Å²) in [5.41, 5.74) is 0.493. The van der Waals surface area contributed by atoms with E-state index in [2.05, 4.69) is 36.4 Å². The van der Waals surface area contributed by atoms with Gasteiger partial charge in [0.1, 0.15) is 15.9 Å². The van der Waals surface area contributed by atoms with E-state index in [0.29, 0.717) is 11.3 Å². The molecular formula is C26H22O3P+. The van der Waals surface area contributed by atoms with Crippen molar-refractivity contribution in [2.45, 2.75) is 0 Å². The second-order valence-electron chi connectivity index (χ2n) is 6.72. The molecule has 4 aromatic rings. The highest BCUT2D eigenvalue weighted by molar-refractivity contribution is 7.92. The Hall–Kier alpha value is -3.42. The van der Waals surface area contributed by atoms with Crippen LogP contribution in [0.25, 0.3) is 0 Å². The fourth-order valence-corrected chi connectivity index (χ4v) is 6.87. The molecule has 0 saturated heterocycles. The van der Waals surface area contributed by atoms with Crippen molar-refractivity contribution in [3.8, 4) is 5.75 Å². The number of methoxy groups -OCH3 is 1. The van der Waals surface area contributed by atoms with Gasteiger partial charge < -0.3 is 9.26 Å². The molecule has 4 rings (SSSR count). The maximum Gasteiger partial charge on any atom is 0.337 e. The van der Waals surface area contributed by atoms with Gasteiger partial charge in [0, 0.05) is 0 Å². The van der Waals surface area contributed by atoms with E-state index < -0.39 is 7.49 Å². The number of rotatable bonds is 6. The smallest absolute Gasteiger partial charge is 0.337 e. The minimum atomic E-state index is -2.44. The van der Waals surface area contributed by atoms with Crippen molar-refractivity contribution in [3.05, 3.63) is 121 Å². The molecule has 0 unspecified atom stereocenters. The average Bonchev–Trinajstić information content (AvgIpc) is 2.84. The van der Waals surface area contributed by atoms with Crippen LogP contribution in [0.15, 0.2) is 115 Å². The fourth-order valence-electron chi connectivity index (χ4n) is 3.45.